The Bertz CT molecular complexity index is 1230. The van der Waals surface area contributed by atoms with Gasteiger partial charge in [0.15, 0.2) is 0 Å². The highest BCUT2D eigenvalue weighted by molar-refractivity contribution is 5.71. The summed E-state index contributed by atoms with van der Waals surface area (Å²) < 4.78 is 7.23. The van der Waals surface area contributed by atoms with Gasteiger partial charge in [-0.15, -0.1) is 0 Å². The lowest BCUT2D eigenvalue weighted by Crippen LogP contribution is -2.20. The smallest absolute Gasteiger partial charge is 0.281 e. The van der Waals surface area contributed by atoms with Gasteiger partial charge in [-0.25, -0.2) is 0 Å². The molecule has 0 unspecified atom stereocenters. The maximum absolute atomic E-state index is 13.0. The number of hydrogen-bond acceptors (Lipinski definition) is 3. The maximum Gasteiger partial charge on any atom is 0.281 e. The van der Waals surface area contributed by atoms with Gasteiger partial charge in [0.1, 0.15) is 11.6 Å². The minimum absolute atomic E-state index is 0.236. The molecule has 0 aliphatic carbocycles. The second kappa shape index (κ2) is 8.62. The van der Waals surface area contributed by atoms with Crippen molar-refractivity contribution in [3.63, 3.8) is 0 Å². The number of benzene rings is 3. The standard InChI is InChI=1S/C26H22N2O2/c1-19-25(21-9-5-3-6-10-21)26(29)27-24(28(19)22-11-7-4-8-12-22)18-15-20-13-16-23(30-2)17-14-20/h3-18H,1-2H3. The van der Waals surface area contributed by atoms with Gasteiger partial charge < -0.3 is 4.74 Å². The molecule has 4 heteroatoms. The van der Waals surface area contributed by atoms with Crippen LogP contribution in [0.1, 0.15) is 17.1 Å². The SMILES string of the molecule is COc1ccc(C=Cc2nc(=O)c(-c3ccccc3)c(C)n2-c2ccccc2)cc1. The zero-order chi connectivity index (χ0) is 20.9. The summed E-state index contributed by atoms with van der Waals surface area (Å²) in [7, 11) is 1.64. The Kier molecular flexibility index (Phi) is 5.57. The Morgan fingerprint density at radius 3 is 2.10 bits per heavy atom. The maximum atomic E-state index is 13.0. The van der Waals surface area contributed by atoms with E-state index >= 15 is 0 Å². The normalized spacial score (nSPS) is 11.0. The molecule has 0 N–H and O–H groups in total. The molecule has 0 spiro atoms. The summed E-state index contributed by atoms with van der Waals surface area (Å²) >= 11 is 0. The van der Waals surface area contributed by atoms with E-state index in [9.17, 15) is 4.79 Å². The van der Waals surface area contributed by atoms with Gasteiger partial charge in [-0.05, 0) is 48.4 Å². The number of rotatable bonds is 5. The highest BCUT2D eigenvalue weighted by Gasteiger charge is 2.15. The average Bonchev–Trinajstić information content (AvgIpc) is 2.79. The van der Waals surface area contributed by atoms with Crippen molar-refractivity contribution in [2.24, 2.45) is 0 Å². The average molecular weight is 394 g/mol. The van der Waals surface area contributed by atoms with E-state index in [-0.39, 0.29) is 5.56 Å². The molecule has 0 radical (unpaired) electrons. The number of ether oxygens (including phenoxy) is 1. The van der Waals surface area contributed by atoms with Gasteiger partial charge in [0.25, 0.3) is 5.56 Å². The summed E-state index contributed by atoms with van der Waals surface area (Å²) in [6, 6.07) is 27.4. The number of hydrogen-bond donors (Lipinski definition) is 0. The molecule has 0 aliphatic heterocycles. The molecule has 4 nitrogen and oxygen atoms in total. The van der Waals surface area contributed by atoms with E-state index < -0.39 is 0 Å². The first-order valence-electron chi connectivity index (χ1n) is 9.74. The Morgan fingerprint density at radius 1 is 0.833 bits per heavy atom. The second-order valence-corrected chi connectivity index (χ2v) is 6.88. The summed E-state index contributed by atoms with van der Waals surface area (Å²) in [4.78, 5) is 17.4. The lowest BCUT2D eigenvalue weighted by Gasteiger charge is -2.17. The van der Waals surface area contributed by atoms with E-state index in [1.807, 2.05) is 109 Å². The van der Waals surface area contributed by atoms with Crippen LogP contribution in [0.25, 0.3) is 29.0 Å². The van der Waals surface area contributed by atoms with Gasteiger partial charge in [0.2, 0.25) is 0 Å². The van der Waals surface area contributed by atoms with Crippen molar-refractivity contribution in [1.82, 2.24) is 9.55 Å². The molecule has 1 heterocycles. The molecule has 4 aromatic rings. The molecule has 148 valence electrons. The lowest BCUT2D eigenvalue weighted by molar-refractivity contribution is 0.415. The van der Waals surface area contributed by atoms with E-state index in [2.05, 4.69) is 4.98 Å². The zero-order valence-corrected chi connectivity index (χ0v) is 16.9. The van der Waals surface area contributed by atoms with Crippen LogP contribution in [0.5, 0.6) is 5.75 Å². The van der Waals surface area contributed by atoms with Crippen LogP contribution >= 0.6 is 0 Å². The van der Waals surface area contributed by atoms with Gasteiger partial charge >= 0.3 is 0 Å². The third-order valence-corrected chi connectivity index (χ3v) is 4.97. The van der Waals surface area contributed by atoms with E-state index in [1.165, 1.54) is 0 Å². The van der Waals surface area contributed by atoms with Crippen LogP contribution in [0.2, 0.25) is 0 Å². The lowest BCUT2D eigenvalue weighted by atomic mass is 10.1. The summed E-state index contributed by atoms with van der Waals surface area (Å²) in [5, 5.41) is 0. The van der Waals surface area contributed by atoms with Crippen molar-refractivity contribution in [3.05, 3.63) is 112 Å². The highest BCUT2D eigenvalue weighted by Crippen LogP contribution is 2.24. The van der Waals surface area contributed by atoms with E-state index in [4.69, 9.17) is 4.74 Å². The quantitative estimate of drug-likeness (QED) is 0.456. The van der Waals surface area contributed by atoms with E-state index in [0.717, 1.165) is 28.3 Å². The number of para-hydroxylation sites is 1. The molecule has 4 rings (SSSR count). The predicted octanol–water partition coefficient (Wildman–Crippen LogP) is 5.39. The van der Waals surface area contributed by atoms with Crippen molar-refractivity contribution in [1.29, 1.82) is 0 Å². The Labute approximate surface area is 175 Å². The molecular weight excluding hydrogens is 372 g/mol. The van der Waals surface area contributed by atoms with Crippen molar-refractivity contribution in [2.75, 3.05) is 7.11 Å². The van der Waals surface area contributed by atoms with Crippen LogP contribution in [0.4, 0.5) is 0 Å². The molecule has 0 atom stereocenters. The predicted molar refractivity (Wildman–Crippen MR) is 122 cm³/mol. The minimum Gasteiger partial charge on any atom is -0.497 e. The highest BCUT2D eigenvalue weighted by atomic mass is 16.5. The third-order valence-electron chi connectivity index (χ3n) is 4.97. The van der Waals surface area contributed by atoms with Crippen molar-refractivity contribution < 1.29 is 4.74 Å². The molecule has 0 saturated heterocycles. The van der Waals surface area contributed by atoms with Crippen LogP contribution in [-0.4, -0.2) is 16.7 Å². The summed E-state index contributed by atoms with van der Waals surface area (Å²) in [6.45, 7) is 1.96. The molecule has 0 amide bonds. The van der Waals surface area contributed by atoms with Gasteiger partial charge in [0, 0.05) is 11.4 Å². The number of nitrogens with zero attached hydrogens (tertiary/aromatic N) is 2. The summed E-state index contributed by atoms with van der Waals surface area (Å²) in [6.07, 6.45) is 3.82. The number of aromatic nitrogens is 2. The molecular formula is C26H22N2O2. The zero-order valence-electron chi connectivity index (χ0n) is 16.9. The summed E-state index contributed by atoms with van der Waals surface area (Å²) in [5.74, 6) is 1.38. The second-order valence-electron chi connectivity index (χ2n) is 6.88. The molecule has 0 saturated carbocycles. The first-order chi connectivity index (χ1) is 14.7. The summed E-state index contributed by atoms with van der Waals surface area (Å²) in [5.41, 5.74) is 4.04. The van der Waals surface area contributed by atoms with Crippen LogP contribution in [0, 0.1) is 6.92 Å². The molecule has 0 aliphatic rings. The fourth-order valence-corrected chi connectivity index (χ4v) is 3.49. The molecule has 0 fully saturated rings. The fraction of sp³-hybridized carbons (Fsp3) is 0.0769. The molecule has 1 aromatic heterocycles. The Hall–Kier alpha value is -3.92. The molecule has 3 aromatic carbocycles. The van der Waals surface area contributed by atoms with Gasteiger partial charge in [-0.2, -0.15) is 4.98 Å². The Balaban J connectivity index is 1.87. The van der Waals surface area contributed by atoms with Gasteiger partial charge in [-0.3, -0.25) is 9.36 Å². The van der Waals surface area contributed by atoms with Crippen LogP contribution in [0.15, 0.2) is 89.7 Å². The largest absolute Gasteiger partial charge is 0.497 e. The topological polar surface area (TPSA) is 44.1 Å². The van der Waals surface area contributed by atoms with Gasteiger partial charge in [-0.1, -0.05) is 66.7 Å². The fourth-order valence-electron chi connectivity index (χ4n) is 3.49. The first kappa shape index (κ1) is 19.4. The third kappa shape index (κ3) is 3.94. The van der Waals surface area contributed by atoms with E-state index in [0.29, 0.717) is 11.4 Å². The van der Waals surface area contributed by atoms with Crippen molar-refractivity contribution >= 4 is 12.2 Å². The van der Waals surface area contributed by atoms with E-state index in [1.54, 1.807) is 7.11 Å². The Morgan fingerprint density at radius 2 is 1.47 bits per heavy atom. The van der Waals surface area contributed by atoms with Gasteiger partial charge in [0.05, 0.1) is 12.7 Å². The number of methoxy groups -OCH3 is 1. The monoisotopic (exact) mass is 394 g/mol. The van der Waals surface area contributed by atoms with Crippen LogP contribution < -0.4 is 10.3 Å². The molecule has 30 heavy (non-hydrogen) atoms. The van der Waals surface area contributed by atoms with Crippen LogP contribution in [0.3, 0.4) is 0 Å². The van der Waals surface area contributed by atoms with Crippen molar-refractivity contribution in [2.45, 2.75) is 6.92 Å². The molecule has 0 bridgehead atoms. The minimum atomic E-state index is -0.236. The van der Waals surface area contributed by atoms with Crippen molar-refractivity contribution in [3.8, 4) is 22.6 Å². The first-order valence-corrected chi connectivity index (χ1v) is 9.74. The van der Waals surface area contributed by atoms with Crippen LogP contribution in [-0.2, 0) is 0 Å².